The third-order valence-corrected chi connectivity index (χ3v) is 5.33. The highest BCUT2D eigenvalue weighted by atomic mass is 32.2. The summed E-state index contributed by atoms with van der Waals surface area (Å²) in [7, 11) is -3.54. The summed E-state index contributed by atoms with van der Waals surface area (Å²) in [5, 5.41) is 9.86. The van der Waals surface area contributed by atoms with Gasteiger partial charge >= 0.3 is 0 Å². The zero-order valence-corrected chi connectivity index (χ0v) is 12.4. The van der Waals surface area contributed by atoms with E-state index in [-0.39, 0.29) is 18.2 Å². The smallest absolute Gasteiger partial charge is 0.279 e. The van der Waals surface area contributed by atoms with Gasteiger partial charge in [-0.1, -0.05) is 12.8 Å². The Morgan fingerprint density at radius 3 is 2.32 bits per heavy atom. The van der Waals surface area contributed by atoms with Gasteiger partial charge in [-0.05, 0) is 26.7 Å². The van der Waals surface area contributed by atoms with E-state index in [4.69, 9.17) is 4.74 Å². The number of aliphatic hydroxyl groups excluding tert-OH is 1. The van der Waals surface area contributed by atoms with Crippen LogP contribution in [0.1, 0.15) is 39.5 Å². The summed E-state index contributed by atoms with van der Waals surface area (Å²) in [5.74, 6) is 0. The molecule has 112 valence electrons. The van der Waals surface area contributed by atoms with Crippen LogP contribution in [0.5, 0.6) is 0 Å². The minimum atomic E-state index is -3.54. The van der Waals surface area contributed by atoms with Crippen LogP contribution in [-0.2, 0) is 14.9 Å². The van der Waals surface area contributed by atoms with Gasteiger partial charge in [-0.2, -0.15) is 17.4 Å². The van der Waals surface area contributed by atoms with E-state index in [2.05, 4.69) is 4.72 Å². The second-order valence-corrected chi connectivity index (χ2v) is 7.36. The molecule has 7 heteroatoms. The molecule has 1 aliphatic carbocycles. The minimum Gasteiger partial charge on any atom is -0.391 e. The lowest BCUT2D eigenvalue weighted by Crippen LogP contribution is -2.55. The van der Waals surface area contributed by atoms with Gasteiger partial charge in [0.1, 0.15) is 0 Å². The van der Waals surface area contributed by atoms with Crippen molar-refractivity contribution in [3.05, 3.63) is 0 Å². The van der Waals surface area contributed by atoms with Crippen molar-refractivity contribution in [1.82, 2.24) is 9.03 Å². The summed E-state index contributed by atoms with van der Waals surface area (Å²) in [6.45, 7) is 4.46. The van der Waals surface area contributed by atoms with Gasteiger partial charge < -0.3 is 9.84 Å². The van der Waals surface area contributed by atoms with Crippen molar-refractivity contribution in [3.63, 3.8) is 0 Å². The molecule has 0 radical (unpaired) electrons. The fourth-order valence-corrected chi connectivity index (χ4v) is 4.46. The summed E-state index contributed by atoms with van der Waals surface area (Å²) >= 11 is 0. The Hall–Kier alpha value is -0.210. The lowest BCUT2D eigenvalue weighted by Gasteiger charge is -2.36. The van der Waals surface area contributed by atoms with E-state index in [9.17, 15) is 13.5 Å². The van der Waals surface area contributed by atoms with Gasteiger partial charge in [0.2, 0.25) is 0 Å². The predicted octanol–water partition coefficient (Wildman–Crippen LogP) is 0.234. The molecule has 2 unspecified atom stereocenters. The van der Waals surface area contributed by atoms with Crippen LogP contribution < -0.4 is 4.72 Å². The summed E-state index contributed by atoms with van der Waals surface area (Å²) in [6.07, 6.45) is 2.53. The van der Waals surface area contributed by atoms with Crippen molar-refractivity contribution in [3.8, 4) is 0 Å². The molecular weight excluding hydrogens is 268 g/mol. The maximum atomic E-state index is 12.3. The Morgan fingerprint density at radius 2 is 1.74 bits per heavy atom. The fraction of sp³-hybridized carbons (Fsp3) is 1.00. The van der Waals surface area contributed by atoms with Gasteiger partial charge in [0.25, 0.3) is 10.2 Å². The number of rotatable bonds is 3. The third kappa shape index (κ3) is 3.88. The lowest BCUT2D eigenvalue weighted by molar-refractivity contribution is -0.0446. The normalized spacial score (nSPS) is 38.3. The van der Waals surface area contributed by atoms with Gasteiger partial charge in [0, 0.05) is 19.1 Å². The van der Waals surface area contributed by atoms with Crippen LogP contribution in [0.15, 0.2) is 0 Å². The van der Waals surface area contributed by atoms with Gasteiger partial charge in [-0.3, -0.25) is 0 Å². The van der Waals surface area contributed by atoms with Crippen LogP contribution in [0.2, 0.25) is 0 Å². The molecule has 0 aromatic heterocycles. The molecule has 4 atom stereocenters. The first-order valence-electron chi connectivity index (χ1n) is 6.99. The summed E-state index contributed by atoms with van der Waals surface area (Å²) in [4.78, 5) is 0. The maximum Gasteiger partial charge on any atom is 0.279 e. The maximum absolute atomic E-state index is 12.3. The summed E-state index contributed by atoms with van der Waals surface area (Å²) in [6, 6.07) is -0.354. The molecule has 1 saturated carbocycles. The first-order valence-corrected chi connectivity index (χ1v) is 8.43. The molecule has 1 saturated heterocycles. The average Bonchev–Trinajstić information content (AvgIpc) is 2.31. The van der Waals surface area contributed by atoms with Crippen LogP contribution in [0.3, 0.4) is 0 Å². The Kier molecular flexibility index (Phi) is 4.84. The Labute approximate surface area is 115 Å². The SMILES string of the molecule is CC1CN(S(=O)(=O)N[C@@H]2CCCC[C@H]2O)CC(C)O1. The molecular formula is C12H24N2O4S. The first-order chi connectivity index (χ1) is 8.88. The van der Waals surface area contributed by atoms with Gasteiger partial charge in [0.15, 0.2) is 0 Å². The summed E-state index contributed by atoms with van der Waals surface area (Å²) in [5.41, 5.74) is 0. The van der Waals surface area contributed by atoms with E-state index >= 15 is 0 Å². The number of hydrogen-bond acceptors (Lipinski definition) is 4. The molecule has 6 nitrogen and oxygen atoms in total. The fourth-order valence-electron chi connectivity index (χ4n) is 2.84. The second kappa shape index (κ2) is 6.05. The van der Waals surface area contributed by atoms with Gasteiger partial charge in [-0.15, -0.1) is 0 Å². The van der Waals surface area contributed by atoms with Crippen molar-refractivity contribution in [2.24, 2.45) is 0 Å². The zero-order chi connectivity index (χ0) is 14.0. The Balaban J connectivity index is 2.01. The van der Waals surface area contributed by atoms with E-state index in [0.717, 1.165) is 12.8 Å². The number of aliphatic hydroxyl groups is 1. The van der Waals surface area contributed by atoms with Gasteiger partial charge in [0.05, 0.1) is 18.3 Å². The monoisotopic (exact) mass is 292 g/mol. The lowest BCUT2D eigenvalue weighted by atomic mass is 9.93. The van der Waals surface area contributed by atoms with Crippen LogP contribution in [0.4, 0.5) is 0 Å². The quantitative estimate of drug-likeness (QED) is 0.781. The minimum absolute atomic E-state index is 0.100. The van der Waals surface area contributed by atoms with Crippen LogP contribution in [0.25, 0.3) is 0 Å². The Morgan fingerprint density at radius 1 is 1.16 bits per heavy atom. The molecule has 2 aliphatic rings. The molecule has 2 rings (SSSR count). The van der Waals surface area contributed by atoms with E-state index < -0.39 is 16.3 Å². The number of hydrogen-bond donors (Lipinski definition) is 2. The molecule has 0 aromatic carbocycles. The summed E-state index contributed by atoms with van der Waals surface area (Å²) < 4.78 is 34.3. The van der Waals surface area contributed by atoms with Crippen LogP contribution >= 0.6 is 0 Å². The molecule has 1 aliphatic heterocycles. The van der Waals surface area contributed by atoms with Gasteiger partial charge in [-0.25, -0.2) is 0 Å². The molecule has 2 N–H and O–H groups in total. The largest absolute Gasteiger partial charge is 0.391 e. The number of ether oxygens (including phenoxy) is 1. The number of nitrogens with one attached hydrogen (secondary N) is 1. The van der Waals surface area contributed by atoms with E-state index in [1.807, 2.05) is 13.8 Å². The van der Waals surface area contributed by atoms with E-state index in [0.29, 0.717) is 25.9 Å². The molecule has 1 heterocycles. The average molecular weight is 292 g/mol. The number of nitrogens with zero attached hydrogens (tertiary/aromatic N) is 1. The van der Waals surface area contributed by atoms with Crippen molar-refractivity contribution >= 4 is 10.2 Å². The first kappa shape index (κ1) is 15.2. The van der Waals surface area contributed by atoms with Crippen molar-refractivity contribution in [2.45, 2.75) is 63.9 Å². The second-order valence-electron chi connectivity index (χ2n) is 5.66. The van der Waals surface area contributed by atoms with Crippen molar-refractivity contribution in [1.29, 1.82) is 0 Å². The topological polar surface area (TPSA) is 78.9 Å². The molecule has 0 spiro atoms. The highest BCUT2D eigenvalue weighted by Crippen LogP contribution is 2.20. The standard InChI is InChI=1S/C12H24N2O4S/c1-9-7-14(8-10(2)18-9)19(16,17)13-11-5-3-4-6-12(11)15/h9-13,15H,3-8H2,1-2H3/t9?,10?,11-,12-/m1/s1. The molecule has 0 bridgehead atoms. The highest BCUT2D eigenvalue weighted by Gasteiger charge is 2.34. The predicted molar refractivity (Wildman–Crippen MR) is 71.9 cm³/mol. The van der Waals surface area contributed by atoms with Crippen LogP contribution in [0, 0.1) is 0 Å². The number of morpholine rings is 1. The Bertz CT molecular complexity index is 391. The van der Waals surface area contributed by atoms with Crippen molar-refractivity contribution < 1.29 is 18.3 Å². The zero-order valence-electron chi connectivity index (χ0n) is 11.6. The molecule has 0 amide bonds. The molecule has 0 aromatic rings. The molecule has 19 heavy (non-hydrogen) atoms. The van der Waals surface area contributed by atoms with E-state index in [1.54, 1.807) is 0 Å². The van der Waals surface area contributed by atoms with Crippen LogP contribution in [-0.4, -0.2) is 55.3 Å². The van der Waals surface area contributed by atoms with Crippen molar-refractivity contribution in [2.75, 3.05) is 13.1 Å². The molecule has 2 fully saturated rings. The van der Waals surface area contributed by atoms with E-state index in [1.165, 1.54) is 4.31 Å². The highest BCUT2D eigenvalue weighted by molar-refractivity contribution is 7.87. The third-order valence-electron chi connectivity index (χ3n) is 3.76.